The highest BCUT2D eigenvalue weighted by Crippen LogP contribution is 2.31. The Labute approximate surface area is 123 Å². The van der Waals surface area contributed by atoms with Crippen LogP contribution in [0.4, 0.5) is 11.4 Å². The molecule has 0 amide bonds. The van der Waals surface area contributed by atoms with Crippen LogP contribution < -0.4 is 10.9 Å². The molecule has 3 aromatic rings. The van der Waals surface area contributed by atoms with Gasteiger partial charge in [-0.05, 0) is 30.3 Å². The van der Waals surface area contributed by atoms with Crippen LogP contribution in [0.15, 0.2) is 57.8 Å². The second kappa shape index (κ2) is 5.02. The van der Waals surface area contributed by atoms with E-state index in [0.29, 0.717) is 10.9 Å². The molecule has 2 aromatic carbocycles. The van der Waals surface area contributed by atoms with Crippen LogP contribution in [-0.4, -0.2) is 10.1 Å². The standard InChI is InChI=1S/C15H11BrN2O2/c16-9-6-7-12-11(8-9)14(19)13(15(20)18-12)17-10-4-2-1-3-5-10/h1-8,17H,(H2,18,19,20). The fraction of sp³-hybridized carbons (Fsp3) is 0. The molecule has 1 heterocycles. The first-order valence-electron chi connectivity index (χ1n) is 6.02. The first kappa shape index (κ1) is 12.7. The molecule has 0 saturated heterocycles. The smallest absolute Gasteiger partial charge is 0.275 e. The Morgan fingerprint density at radius 1 is 1.10 bits per heavy atom. The van der Waals surface area contributed by atoms with E-state index < -0.39 is 0 Å². The summed E-state index contributed by atoms with van der Waals surface area (Å²) in [4.78, 5) is 14.8. The van der Waals surface area contributed by atoms with Gasteiger partial charge in [-0.2, -0.15) is 0 Å². The van der Waals surface area contributed by atoms with Crippen molar-refractivity contribution in [2.45, 2.75) is 0 Å². The van der Waals surface area contributed by atoms with Crippen LogP contribution >= 0.6 is 15.9 Å². The normalized spacial score (nSPS) is 10.7. The van der Waals surface area contributed by atoms with Gasteiger partial charge >= 0.3 is 0 Å². The van der Waals surface area contributed by atoms with Crippen molar-refractivity contribution in [3.05, 3.63) is 63.4 Å². The number of aromatic nitrogens is 1. The number of pyridine rings is 1. The van der Waals surface area contributed by atoms with Crippen molar-refractivity contribution in [3.8, 4) is 5.75 Å². The number of aromatic hydroxyl groups is 1. The topological polar surface area (TPSA) is 65.1 Å². The number of nitrogens with one attached hydrogen (secondary N) is 2. The number of benzene rings is 2. The predicted molar refractivity (Wildman–Crippen MR) is 83.7 cm³/mol. The number of para-hydroxylation sites is 1. The summed E-state index contributed by atoms with van der Waals surface area (Å²) in [6.07, 6.45) is 0. The fourth-order valence-corrected chi connectivity index (χ4v) is 2.39. The van der Waals surface area contributed by atoms with Gasteiger partial charge in [-0.3, -0.25) is 4.79 Å². The molecule has 20 heavy (non-hydrogen) atoms. The zero-order chi connectivity index (χ0) is 14.1. The molecule has 0 spiro atoms. The molecule has 0 fully saturated rings. The van der Waals surface area contributed by atoms with E-state index in [1.165, 1.54) is 0 Å². The van der Waals surface area contributed by atoms with Crippen LogP contribution in [-0.2, 0) is 0 Å². The molecule has 0 aliphatic rings. The molecule has 1 aromatic heterocycles. The summed E-state index contributed by atoms with van der Waals surface area (Å²) >= 11 is 3.35. The molecule has 5 heteroatoms. The van der Waals surface area contributed by atoms with Gasteiger partial charge in [0.25, 0.3) is 5.56 Å². The molecule has 4 nitrogen and oxygen atoms in total. The first-order chi connectivity index (χ1) is 9.65. The van der Waals surface area contributed by atoms with Crippen molar-refractivity contribution >= 4 is 38.2 Å². The van der Waals surface area contributed by atoms with Gasteiger partial charge in [0.15, 0.2) is 5.75 Å². The van der Waals surface area contributed by atoms with Crippen LogP contribution in [0.1, 0.15) is 0 Å². The molecule has 0 radical (unpaired) electrons. The summed E-state index contributed by atoms with van der Waals surface area (Å²) in [7, 11) is 0. The van der Waals surface area contributed by atoms with E-state index in [2.05, 4.69) is 26.2 Å². The number of anilines is 2. The van der Waals surface area contributed by atoms with Crippen LogP contribution in [0.2, 0.25) is 0 Å². The lowest BCUT2D eigenvalue weighted by Crippen LogP contribution is -2.11. The minimum absolute atomic E-state index is 0.0612. The Morgan fingerprint density at radius 3 is 2.60 bits per heavy atom. The maximum Gasteiger partial charge on any atom is 0.275 e. The third-order valence-electron chi connectivity index (χ3n) is 2.99. The number of fused-ring (bicyclic) bond motifs is 1. The summed E-state index contributed by atoms with van der Waals surface area (Å²) < 4.78 is 0.831. The van der Waals surface area contributed by atoms with Crippen molar-refractivity contribution in [2.24, 2.45) is 0 Å². The number of hydrogen-bond donors (Lipinski definition) is 3. The number of rotatable bonds is 2. The molecule has 0 unspecified atom stereocenters. The second-order valence-electron chi connectivity index (χ2n) is 4.36. The van der Waals surface area contributed by atoms with Crippen molar-refractivity contribution in [2.75, 3.05) is 5.32 Å². The third-order valence-corrected chi connectivity index (χ3v) is 3.49. The Morgan fingerprint density at radius 2 is 1.85 bits per heavy atom. The SMILES string of the molecule is O=c1[nH]c2ccc(Br)cc2c(O)c1Nc1ccccc1. The minimum Gasteiger partial charge on any atom is -0.505 e. The molecule has 3 N–H and O–H groups in total. The predicted octanol–water partition coefficient (Wildman–Crippen LogP) is 3.74. The fourth-order valence-electron chi connectivity index (χ4n) is 2.03. The van der Waals surface area contributed by atoms with Gasteiger partial charge in [-0.15, -0.1) is 0 Å². The maximum absolute atomic E-state index is 12.1. The summed E-state index contributed by atoms with van der Waals surface area (Å²) in [5.41, 5.74) is 1.11. The lowest BCUT2D eigenvalue weighted by molar-refractivity contribution is 0.483. The number of halogens is 1. The zero-order valence-electron chi connectivity index (χ0n) is 10.4. The average Bonchev–Trinajstić information content (AvgIpc) is 2.46. The van der Waals surface area contributed by atoms with Gasteiger partial charge in [-0.1, -0.05) is 34.1 Å². The Kier molecular flexibility index (Phi) is 3.20. The summed E-state index contributed by atoms with van der Waals surface area (Å²) in [6.45, 7) is 0. The van der Waals surface area contributed by atoms with Crippen molar-refractivity contribution in [1.82, 2.24) is 4.98 Å². The molecule has 100 valence electrons. The minimum atomic E-state index is -0.360. The highest BCUT2D eigenvalue weighted by molar-refractivity contribution is 9.10. The van der Waals surface area contributed by atoms with E-state index in [-0.39, 0.29) is 17.0 Å². The summed E-state index contributed by atoms with van der Waals surface area (Å²) in [6, 6.07) is 14.5. The molecule has 0 aliphatic carbocycles. The Balaban J connectivity index is 2.18. The van der Waals surface area contributed by atoms with Crippen LogP contribution in [0.5, 0.6) is 5.75 Å². The third kappa shape index (κ3) is 2.28. The van der Waals surface area contributed by atoms with E-state index in [0.717, 1.165) is 10.2 Å². The summed E-state index contributed by atoms with van der Waals surface area (Å²) in [5.74, 6) is -0.0612. The van der Waals surface area contributed by atoms with Crippen LogP contribution in [0.3, 0.4) is 0 Å². The number of aromatic amines is 1. The average molecular weight is 331 g/mol. The maximum atomic E-state index is 12.1. The molecule has 3 rings (SSSR count). The van der Waals surface area contributed by atoms with Gasteiger partial charge in [0.2, 0.25) is 0 Å². The van der Waals surface area contributed by atoms with Gasteiger partial charge in [0.1, 0.15) is 5.69 Å². The lowest BCUT2D eigenvalue weighted by Gasteiger charge is -2.10. The monoisotopic (exact) mass is 330 g/mol. The summed E-state index contributed by atoms with van der Waals surface area (Å²) in [5, 5.41) is 13.8. The zero-order valence-corrected chi connectivity index (χ0v) is 11.9. The van der Waals surface area contributed by atoms with Crippen molar-refractivity contribution < 1.29 is 5.11 Å². The number of H-pyrrole nitrogens is 1. The largest absolute Gasteiger partial charge is 0.505 e. The quantitative estimate of drug-likeness (QED) is 0.670. The van der Waals surface area contributed by atoms with E-state index in [4.69, 9.17) is 0 Å². The van der Waals surface area contributed by atoms with Gasteiger partial charge in [-0.25, -0.2) is 0 Å². The van der Waals surface area contributed by atoms with Gasteiger partial charge in [0.05, 0.1) is 5.52 Å². The molecular weight excluding hydrogens is 320 g/mol. The van der Waals surface area contributed by atoms with E-state index in [1.54, 1.807) is 12.1 Å². The van der Waals surface area contributed by atoms with Crippen molar-refractivity contribution in [3.63, 3.8) is 0 Å². The molecular formula is C15H11BrN2O2. The molecule has 0 bridgehead atoms. The first-order valence-corrected chi connectivity index (χ1v) is 6.81. The molecule has 0 saturated carbocycles. The van der Waals surface area contributed by atoms with E-state index in [1.807, 2.05) is 36.4 Å². The van der Waals surface area contributed by atoms with Gasteiger partial charge in [0, 0.05) is 15.5 Å². The Bertz CT molecular complexity index is 828. The van der Waals surface area contributed by atoms with Gasteiger partial charge < -0.3 is 15.4 Å². The van der Waals surface area contributed by atoms with Crippen LogP contribution in [0.25, 0.3) is 10.9 Å². The van der Waals surface area contributed by atoms with Crippen molar-refractivity contribution in [1.29, 1.82) is 0 Å². The second-order valence-corrected chi connectivity index (χ2v) is 5.27. The number of hydrogen-bond acceptors (Lipinski definition) is 3. The molecule has 0 aliphatic heterocycles. The van der Waals surface area contributed by atoms with Crippen LogP contribution in [0, 0.1) is 0 Å². The van der Waals surface area contributed by atoms with E-state index >= 15 is 0 Å². The van der Waals surface area contributed by atoms with E-state index in [9.17, 15) is 9.90 Å². The Hall–Kier alpha value is -2.27. The highest BCUT2D eigenvalue weighted by Gasteiger charge is 2.12. The highest BCUT2D eigenvalue weighted by atomic mass is 79.9. The molecule has 0 atom stereocenters. The lowest BCUT2D eigenvalue weighted by atomic mass is 10.2.